The molecule has 0 bridgehead atoms. The van der Waals surface area contributed by atoms with E-state index in [2.05, 4.69) is 21.0 Å². The number of hydrogen-bond donors (Lipinski definition) is 0. The first-order valence-electron chi connectivity index (χ1n) is 5.50. The highest BCUT2D eigenvalue weighted by atomic mass is 32.1. The van der Waals surface area contributed by atoms with E-state index in [9.17, 15) is 0 Å². The Morgan fingerprint density at radius 1 is 1.50 bits per heavy atom. The molecular formula is C13H12N4S. The first kappa shape index (κ1) is 12.4. The molecule has 90 valence electrons. The van der Waals surface area contributed by atoms with Crippen LogP contribution in [0.2, 0.25) is 0 Å². The van der Waals surface area contributed by atoms with Gasteiger partial charge in [-0.2, -0.15) is 5.26 Å². The summed E-state index contributed by atoms with van der Waals surface area (Å²) >= 11 is 1.49. The van der Waals surface area contributed by atoms with E-state index in [-0.39, 0.29) is 5.92 Å². The summed E-state index contributed by atoms with van der Waals surface area (Å²) in [5.41, 5.74) is 2.02. The summed E-state index contributed by atoms with van der Waals surface area (Å²) in [6.45, 7) is 2.48. The van der Waals surface area contributed by atoms with E-state index in [4.69, 9.17) is 5.26 Å². The van der Waals surface area contributed by atoms with E-state index >= 15 is 0 Å². The SMILES string of the molecule is Cc1csc([C@@H](C#N)C=NCc2ccncc2)n1. The summed E-state index contributed by atoms with van der Waals surface area (Å²) < 4.78 is 0. The molecule has 0 fully saturated rings. The smallest absolute Gasteiger partial charge is 0.133 e. The number of aromatic nitrogens is 2. The standard InChI is InChI=1S/C13H12N4S/c1-10-9-18-13(17-10)12(6-14)8-16-7-11-2-4-15-5-3-11/h2-5,8-9,12H,7H2,1H3/t12-/m0/s1. The highest BCUT2D eigenvalue weighted by molar-refractivity contribution is 7.09. The second kappa shape index (κ2) is 6.03. The summed E-state index contributed by atoms with van der Waals surface area (Å²) in [6.07, 6.45) is 5.13. The topological polar surface area (TPSA) is 61.9 Å². The Morgan fingerprint density at radius 2 is 2.28 bits per heavy atom. The maximum atomic E-state index is 9.10. The zero-order valence-corrected chi connectivity index (χ0v) is 10.8. The Balaban J connectivity index is 2.01. The molecule has 0 saturated carbocycles. The van der Waals surface area contributed by atoms with Crippen molar-refractivity contribution in [3.05, 3.63) is 46.2 Å². The van der Waals surface area contributed by atoms with Gasteiger partial charge in [-0.05, 0) is 24.6 Å². The number of aryl methyl sites for hydroxylation is 1. The minimum Gasteiger partial charge on any atom is -0.291 e. The molecule has 2 rings (SSSR count). The fraction of sp³-hybridized carbons (Fsp3) is 0.231. The van der Waals surface area contributed by atoms with Gasteiger partial charge in [0.05, 0.1) is 12.6 Å². The average molecular weight is 256 g/mol. The second-order valence-corrected chi connectivity index (χ2v) is 4.67. The van der Waals surface area contributed by atoms with Crippen molar-refractivity contribution in [2.45, 2.75) is 19.4 Å². The summed E-state index contributed by atoms with van der Waals surface area (Å²) in [6, 6.07) is 6.02. The monoisotopic (exact) mass is 256 g/mol. The lowest BCUT2D eigenvalue weighted by Crippen LogP contribution is -1.97. The third kappa shape index (κ3) is 3.22. The molecule has 2 heterocycles. The third-order valence-electron chi connectivity index (χ3n) is 2.32. The van der Waals surface area contributed by atoms with E-state index in [1.807, 2.05) is 24.4 Å². The minimum absolute atomic E-state index is 0.356. The molecule has 0 radical (unpaired) electrons. The van der Waals surface area contributed by atoms with Crippen LogP contribution in [0.5, 0.6) is 0 Å². The molecule has 0 aromatic carbocycles. The summed E-state index contributed by atoms with van der Waals surface area (Å²) in [4.78, 5) is 12.5. The summed E-state index contributed by atoms with van der Waals surface area (Å²) in [5.74, 6) is -0.356. The predicted molar refractivity (Wildman–Crippen MR) is 71.6 cm³/mol. The van der Waals surface area contributed by atoms with Crippen molar-refractivity contribution in [3.63, 3.8) is 0 Å². The van der Waals surface area contributed by atoms with Crippen LogP contribution in [0.1, 0.15) is 22.2 Å². The molecule has 2 aromatic heterocycles. The lowest BCUT2D eigenvalue weighted by molar-refractivity contribution is 1.03. The lowest BCUT2D eigenvalue weighted by atomic mass is 10.2. The maximum absolute atomic E-state index is 9.10. The average Bonchev–Trinajstić information content (AvgIpc) is 2.82. The van der Waals surface area contributed by atoms with Gasteiger partial charge >= 0.3 is 0 Å². The van der Waals surface area contributed by atoms with Gasteiger partial charge in [0.2, 0.25) is 0 Å². The minimum atomic E-state index is -0.356. The maximum Gasteiger partial charge on any atom is 0.133 e. The number of pyridine rings is 1. The molecule has 1 atom stereocenters. The van der Waals surface area contributed by atoms with Crippen molar-refractivity contribution in [1.82, 2.24) is 9.97 Å². The highest BCUT2D eigenvalue weighted by Crippen LogP contribution is 2.18. The van der Waals surface area contributed by atoms with Gasteiger partial charge in [0.1, 0.15) is 10.9 Å². The van der Waals surface area contributed by atoms with Crippen molar-refractivity contribution in [3.8, 4) is 6.07 Å². The van der Waals surface area contributed by atoms with E-state index in [0.29, 0.717) is 6.54 Å². The molecule has 0 amide bonds. The van der Waals surface area contributed by atoms with E-state index in [1.54, 1.807) is 18.6 Å². The quantitative estimate of drug-likeness (QED) is 0.790. The van der Waals surface area contributed by atoms with Crippen molar-refractivity contribution in [2.24, 2.45) is 4.99 Å². The van der Waals surface area contributed by atoms with Gasteiger partial charge in [0.25, 0.3) is 0 Å². The molecule has 0 spiro atoms. The van der Waals surface area contributed by atoms with Crippen LogP contribution in [-0.2, 0) is 6.54 Å². The molecule has 18 heavy (non-hydrogen) atoms. The highest BCUT2D eigenvalue weighted by Gasteiger charge is 2.11. The Hall–Kier alpha value is -2.06. The van der Waals surface area contributed by atoms with Gasteiger partial charge in [0, 0.05) is 29.7 Å². The lowest BCUT2D eigenvalue weighted by Gasteiger charge is -1.98. The van der Waals surface area contributed by atoms with Crippen LogP contribution >= 0.6 is 11.3 Å². The van der Waals surface area contributed by atoms with Gasteiger partial charge in [-0.15, -0.1) is 11.3 Å². The Bertz CT molecular complexity index is 568. The Morgan fingerprint density at radius 3 is 2.89 bits per heavy atom. The van der Waals surface area contributed by atoms with Crippen molar-refractivity contribution < 1.29 is 0 Å². The van der Waals surface area contributed by atoms with Crippen LogP contribution < -0.4 is 0 Å². The molecule has 0 N–H and O–H groups in total. The summed E-state index contributed by atoms with van der Waals surface area (Å²) in [7, 11) is 0. The van der Waals surface area contributed by atoms with Crippen molar-refractivity contribution >= 4 is 17.6 Å². The molecular weight excluding hydrogens is 244 g/mol. The zero-order valence-electron chi connectivity index (χ0n) is 9.95. The van der Waals surface area contributed by atoms with Crippen molar-refractivity contribution in [1.29, 1.82) is 5.26 Å². The largest absolute Gasteiger partial charge is 0.291 e. The first-order valence-corrected chi connectivity index (χ1v) is 6.38. The Kier molecular flexibility index (Phi) is 4.15. The van der Waals surface area contributed by atoms with Crippen LogP contribution in [0, 0.1) is 18.3 Å². The fourth-order valence-electron chi connectivity index (χ4n) is 1.42. The van der Waals surface area contributed by atoms with Gasteiger partial charge in [-0.1, -0.05) is 0 Å². The Labute approximate surface area is 110 Å². The normalized spacial score (nSPS) is 12.4. The number of aliphatic imine (C=N–C) groups is 1. The summed E-state index contributed by atoms with van der Waals surface area (Å²) in [5, 5.41) is 11.8. The van der Waals surface area contributed by atoms with Gasteiger partial charge in [0.15, 0.2) is 0 Å². The molecule has 5 heteroatoms. The predicted octanol–water partition coefficient (Wildman–Crippen LogP) is 2.72. The van der Waals surface area contributed by atoms with E-state index < -0.39 is 0 Å². The van der Waals surface area contributed by atoms with E-state index in [1.165, 1.54) is 11.3 Å². The molecule has 0 aliphatic rings. The van der Waals surface area contributed by atoms with Gasteiger partial charge < -0.3 is 0 Å². The van der Waals surface area contributed by atoms with Crippen LogP contribution in [0.4, 0.5) is 0 Å². The third-order valence-corrected chi connectivity index (χ3v) is 3.37. The number of nitrogens with zero attached hydrogens (tertiary/aromatic N) is 4. The molecule has 0 unspecified atom stereocenters. The molecule has 4 nitrogen and oxygen atoms in total. The first-order chi connectivity index (χ1) is 8.79. The second-order valence-electron chi connectivity index (χ2n) is 3.78. The molecule has 0 saturated heterocycles. The van der Waals surface area contributed by atoms with Crippen molar-refractivity contribution in [2.75, 3.05) is 0 Å². The number of thiazole rings is 1. The van der Waals surface area contributed by atoms with Gasteiger partial charge in [-0.3, -0.25) is 9.98 Å². The van der Waals surface area contributed by atoms with Gasteiger partial charge in [-0.25, -0.2) is 4.98 Å². The number of rotatable bonds is 4. The molecule has 0 aliphatic heterocycles. The van der Waals surface area contributed by atoms with Crippen LogP contribution in [-0.4, -0.2) is 16.2 Å². The molecule has 2 aromatic rings. The van der Waals surface area contributed by atoms with Crippen LogP contribution in [0.15, 0.2) is 34.9 Å². The van der Waals surface area contributed by atoms with Crippen LogP contribution in [0.3, 0.4) is 0 Å². The van der Waals surface area contributed by atoms with E-state index in [0.717, 1.165) is 16.3 Å². The number of nitriles is 1. The molecule has 0 aliphatic carbocycles. The number of hydrogen-bond acceptors (Lipinski definition) is 5. The van der Waals surface area contributed by atoms with Crippen LogP contribution in [0.25, 0.3) is 0 Å². The fourth-order valence-corrected chi connectivity index (χ4v) is 2.22. The zero-order chi connectivity index (χ0) is 12.8.